The quantitative estimate of drug-likeness (QED) is 0.180. The molecule has 0 fully saturated rings. The fourth-order valence-corrected chi connectivity index (χ4v) is 10.8. The molecule has 0 spiro atoms. The molecule has 0 saturated carbocycles. The van der Waals surface area contributed by atoms with Crippen molar-refractivity contribution in [3.63, 3.8) is 0 Å². The maximum Gasteiger partial charge on any atom is 0.164 e. The summed E-state index contributed by atoms with van der Waals surface area (Å²) in [6.07, 6.45) is 6.74. The van der Waals surface area contributed by atoms with E-state index in [-0.39, 0.29) is 0 Å². The Morgan fingerprint density at radius 2 is 1.18 bits per heavy atom. The van der Waals surface area contributed by atoms with Gasteiger partial charge in [-0.3, -0.25) is 0 Å². The van der Waals surface area contributed by atoms with Gasteiger partial charge in [-0.1, -0.05) is 103 Å². The molecule has 4 nitrogen and oxygen atoms in total. The molecule has 0 saturated heterocycles. The van der Waals surface area contributed by atoms with E-state index in [1.807, 2.05) is 23.5 Å². The number of aromatic nitrogens is 3. The van der Waals surface area contributed by atoms with E-state index in [0.717, 1.165) is 62.4 Å². The number of rotatable bonds is 4. The maximum atomic E-state index is 6.68. The maximum absolute atomic E-state index is 6.68. The number of allylic oxidation sites excluding steroid dienone is 1. The summed E-state index contributed by atoms with van der Waals surface area (Å²) in [6, 6.07) is 49.4. The first kappa shape index (κ1) is 30.9. The van der Waals surface area contributed by atoms with Crippen LogP contribution >= 0.6 is 22.7 Å². The SMILES string of the molecule is C1=Cc2sc3cccc(-c4ccc5c(c4)oc4cccc(-c6nc(-c7ccc8ccccc8c7)nc(-c7cccc8sc9ccccc9c78)n6)c45)c3c2CC1. The van der Waals surface area contributed by atoms with Gasteiger partial charge in [-0.15, -0.1) is 22.7 Å². The van der Waals surface area contributed by atoms with Crippen LogP contribution in [-0.2, 0) is 6.42 Å². The highest BCUT2D eigenvalue weighted by molar-refractivity contribution is 7.26. The number of thiophene rings is 2. The molecule has 11 aromatic rings. The summed E-state index contributed by atoms with van der Waals surface area (Å²) >= 11 is 3.69. The van der Waals surface area contributed by atoms with Gasteiger partial charge in [0.05, 0.1) is 0 Å². The van der Waals surface area contributed by atoms with E-state index >= 15 is 0 Å². The Morgan fingerprint density at radius 3 is 2.07 bits per heavy atom. The predicted molar refractivity (Wildman–Crippen MR) is 232 cm³/mol. The number of hydrogen-bond acceptors (Lipinski definition) is 6. The van der Waals surface area contributed by atoms with Gasteiger partial charge in [-0.05, 0) is 88.8 Å². The predicted octanol–water partition coefficient (Wildman–Crippen LogP) is 14.1. The summed E-state index contributed by atoms with van der Waals surface area (Å²) in [6.45, 7) is 0. The van der Waals surface area contributed by atoms with Crippen molar-refractivity contribution in [3.05, 3.63) is 156 Å². The molecule has 0 bridgehead atoms. The van der Waals surface area contributed by atoms with E-state index in [9.17, 15) is 0 Å². The highest BCUT2D eigenvalue weighted by Crippen LogP contribution is 2.44. The molecule has 0 atom stereocenters. The van der Waals surface area contributed by atoms with Gasteiger partial charge in [0.25, 0.3) is 0 Å². The fraction of sp³-hybridized carbons (Fsp3) is 0.0408. The van der Waals surface area contributed by atoms with E-state index in [1.165, 1.54) is 51.6 Å². The Kier molecular flexibility index (Phi) is 6.76. The molecule has 4 aromatic heterocycles. The van der Waals surface area contributed by atoms with Crippen molar-refractivity contribution in [3.8, 4) is 45.3 Å². The fourth-order valence-electron chi connectivity index (χ4n) is 8.49. The minimum atomic E-state index is 0.616. The lowest BCUT2D eigenvalue weighted by Crippen LogP contribution is -2.00. The molecular weight excluding hydrogens is 711 g/mol. The number of fused-ring (bicyclic) bond motifs is 10. The molecule has 1 aliphatic carbocycles. The zero-order valence-electron chi connectivity index (χ0n) is 29.4. The minimum absolute atomic E-state index is 0.616. The van der Waals surface area contributed by atoms with E-state index in [4.69, 9.17) is 19.4 Å². The Balaban J connectivity index is 1.08. The van der Waals surface area contributed by atoms with Crippen LogP contribution in [0.1, 0.15) is 16.9 Å². The molecular formula is C49H29N3OS2. The van der Waals surface area contributed by atoms with Crippen LogP contribution in [0.4, 0.5) is 0 Å². The summed E-state index contributed by atoms with van der Waals surface area (Å²) in [5, 5.41) is 8.11. The second-order valence-electron chi connectivity index (χ2n) is 14.2. The van der Waals surface area contributed by atoms with Gasteiger partial charge in [0.15, 0.2) is 17.5 Å². The van der Waals surface area contributed by atoms with Crippen molar-refractivity contribution < 1.29 is 4.42 Å². The molecule has 12 rings (SSSR count). The van der Waals surface area contributed by atoms with E-state index in [0.29, 0.717) is 17.5 Å². The van der Waals surface area contributed by atoms with Crippen LogP contribution in [-0.4, -0.2) is 15.0 Å². The van der Waals surface area contributed by atoms with Gasteiger partial charge in [0.2, 0.25) is 0 Å². The van der Waals surface area contributed by atoms with Gasteiger partial charge >= 0.3 is 0 Å². The lowest BCUT2D eigenvalue weighted by atomic mass is 9.94. The van der Waals surface area contributed by atoms with E-state index < -0.39 is 0 Å². The normalized spacial score (nSPS) is 12.9. The van der Waals surface area contributed by atoms with Gasteiger partial charge < -0.3 is 4.42 Å². The number of furan rings is 1. The molecule has 6 heteroatoms. The first-order valence-electron chi connectivity index (χ1n) is 18.6. The van der Waals surface area contributed by atoms with Crippen molar-refractivity contribution in [2.45, 2.75) is 12.8 Å². The Bertz CT molecular complexity index is 3400. The molecule has 0 aliphatic heterocycles. The topological polar surface area (TPSA) is 51.8 Å². The van der Waals surface area contributed by atoms with Crippen molar-refractivity contribution in [2.75, 3.05) is 0 Å². The number of hydrogen-bond donors (Lipinski definition) is 0. The third-order valence-corrected chi connectivity index (χ3v) is 13.3. The average Bonchev–Trinajstić information content (AvgIpc) is 3.94. The molecule has 258 valence electrons. The zero-order valence-corrected chi connectivity index (χ0v) is 31.0. The van der Waals surface area contributed by atoms with Crippen LogP contribution in [0, 0.1) is 0 Å². The van der Waals surface area contributed by atoms with Crippen LogP contribution in [0.15, 0.2) is 150 Å². The van der Waals surface area contributed by atoms with E-state index in [1.54, 1.807) is 11.3 Å². The Labute approximate surface area is 323 Å². The Morgan fingerprint density at radius 1 is 0.473 bits per heavy atom. The summed E-state index contributed by atoms with van der Waals surface area (Å²) in [5.41, 5.74) is 8.38. The monoisotopic (exact) mass is 739 g/mol. The Hall–Kier alpha value is -6.47. The van der Waals surface area contributed by atoms with Crippen LogP contribution in [0.25, 0.3) is 114 Å². The van der Waals surface area contributed by atoms with Crippen molar-refractivity contribution in [1.82, 2.24) is 15.0 Å². The van der Waals surface area contributed by atoms with Crippen LogP contribution in [0.3, 0.4) is 0 Å². The molecule has 1 aliphatic rings. The summed E-state index contributed by atoms with van der Waals surface area (Å²) in [5.74, 6) is 1.90. The second-order valence-corrected chi connectivity index (χ2v) is 16.4. The van der Waals surface area contributed by atoms with Crippen molar-refractivity contribution in [1.29, 1.82) is 0 Å². The third-order valence-electron chi connectivity index (χ3n) is 11.0. The summed E-state index contributed by atoms with van der Waals surface area (Å²) < 4.78 is 10.5. The first-order valence-corrected chi connectivity index (χ1v) is 20.2. The smallest absolute Gasteiger partial charge is 0.164 e. The molecule has 0 radical (unpaired) electrons. The summed E-state index contributed by atoms with van der Waals surface area (Å²) in [7, 11) is 0. The number of benzene rings is 7. The first-order chi connectivity index (χ1) is 27.2. The van der Waals surface area contributed by atoms with Crippen molar-refractivity contribution in [2.24, 2.45) is 0 Å². The van der Waals surface area contributed by atoms with E-state index in [2.05, 4.69) is 140 Å². The largest absolute Gasteiger partial charge is 0.456 e. The van der Waals surface area contributed by atoms with Crippen LogP contribution in [0.5, 0.6) is 0 Å². The zero-order chi connectivity index (χ0) is 36.0. The molecule has 7 aromatic carbocycles. The van der Waals surface area contributed by atoms with Crippen LogP contribution < -0.4 is 0 Å². The van der Waals surface area contributed by atoms with Gasteiger partial charge in [-0.25, -0.2) is 15.0 Å². The standard InChI is InChI=1S/C49H29N3OS2/c1-2-11-29-26-31(23-22-28(29)10-1)47-50-48(52-49(51-47)37-16-9-21-43-46(37)35-13-4-6-19-41(35)55-43)36-15-7-17-38-44(36)33-25-24-30(27-39(33)53-38)32-14-8-20-42-45(32)34-12-3-5-18-40(34)54-42/h1-2,4-11,13-27H,3,12H2. The van der Waals surface area contributed by atoms with Crippen LogP contribution in [0.2, 0.25) is 0 Å². The van der Waals surface area contributed by atoms with Gasteiger partial charge in [-0.2, -0.15) is 0 Å². The molecule has 4 heterocycles. The molecule has 0 N–H and O–H groups in total. The average molecular weight is 740 g/mol. The summed E-state index contributed by atoms with van der Waals surface area (Å²) in [4.78, 5) is 17.2. The minimum Gasteiger partial charge on any atom is -0.456 e. The number of nitrogens with zero attached hydrogens (tertiary/aromatic N) is 3. The molecule has 0 amide bonds. The van der Waals surface area contributed by atoms with Gasteiger partial charge in [0, 0.05) is 62.6 Å². The second kappa shape index (κ2) is 12.0. The highest BCUT2D eigenvalue weighted by atomic mass is 32.1. The molecule has 55 heavy (non-hydrogen) atoms. The lowest BCUT2D eigenvalue weighted by Gasteiger charge is -2.11. The molecule has 0 unspecified atom stereocenters. The lowest BCUT2D eigenvalue weighted by molar-refractivity contribution is 0.669. The third kappa shape index (κ3) is 4.85. The van der Waals surface area contributed by atoms with Gasteiger partial charge in [0.1, 0.15) is 11.2 Å². The number of aryl methyl sites for hydroxylation is 1. The van der Waals surface area contributed by atoms with Crippen molar-refractivity contribution >= 4 is 91.7 Å². The highest BCUT2D eigenvalue weighted by Gasteiger charge is 2.22.